The van der Waals surface area contributed by atoms with Crippen LogP contribution in [0.1, 0.15) is 39.5 Å². The first-order valence-corrected chi connectivity index (χ1v) is 7.44. The molecule has 1 rings (SSSR count). The van der Waals surface area contributed by atoms with Crippen molar-refractivity contribution in [3.8, 4) is 0 Å². The summed E-state index contributed by atoms with van der Waals surface area (Å²) in [5, 5.41) is 0. The maximum atomic E-state index is 11.2. The lowest BCUT2D eigenvalue weighted by Crippen LogP contribution is -2.33. The normalized spacial score (nSPS) is 24.1. The number of carbonyl (C=O) groups is 1. The Bertz CT molecular complexity index is 320. The minimum atomic E-state index is -0.376. The molecule has 0 heterocycles. The zero-order chi connectivity index (χ0) is 15.0. The Labute approximate surface area is 121 Å². The van der Waals surface area contributed by atoms with E-state index in [1.807, 2.05) is 6.92 Å². The van der Waals surface area contributed by atoms with Crippen molar-refractivity contribution >= 4 is 5.97 Å². The second-order valence-electron chi connectivity index (χ2n) is 5.79. The molecule has 0 saturated heterocycles. The first kappa shape index (κ1) is 17.1. The van der Waals surface area contributed by atoms with Gasteiger partial charge in [0.15, 0.2) is 0 Å². The first-order chi connectivity index (χ1) is 9.52. The molecule has 5 nitrogen and oxygen atoms in total. The van der Waals surface area contributed by atoms with E-state index < -0.39 is 0 Å². The smallest absolute Gasteiger partial charge is 0.333 e. The van der Waals surface area contributed by atoms with Crippen LogP contribution in [0.4, 0.5) is 0 Å². The molecule has 1 saturated carbocycles. The van der Waals surface area contributed by atoms with Gasteiger partial charge in [0.25, 0.3) is 0 Å². The van der Waals surface area contributed by atoms with Gasteiger partial charge < -0.3 is 10.5 Å². The molecule has 0 aromatic carbocycles. The van der Waals surface area contributed by atoms with Crippen LogP contribution >= 0.6 is 0 Å². The molecule has 5 heteroatoms. The summed E-state index contributed by atoms with van der Waals surface area (Å²) in [6.07, 6.45) is 4.73. The van der Waals surface area contributed by atoms with Crippen LogP contribution in [0, 0.1) is 11.8 Å². The van der Waals surface area contributed by atoms with E-state index >= 15 is 0 Å². The van der Waals surface area contributed by atoms with Crippen molar-refractivity contribution in [3.05, 3.63) is 12.2 Å². The van der Waals surface area contributed by atoms with Crippen molar-refractivity contribution in [1.29, 1.82) is 0 Å². The molecule has 0 aliphatic heterocycles. The highest BCUT2D eigenvalue weighted by Gasteiger charge is 2.21. The van der Waals surface area contributed by atoms with Crippen molar-refractivity contribution in [3.63, 3.8) is 0 Å². The van der Waals surface area contributed by atoms with Gasteiger partial charge in [-0.1, -0.05) is 13.0 Å². The molecular weight excluding hydrogens is 256 g/mol. The van der Waals surface area contributed by atoms with E-state index in [1.54, 1.807) is 6.92 Å². The van der Waals surface area contributed by atoms with Crippen LogP contribution in [0.25, 0.3) is 0 Å². The molecule has 3 unspecified atom stereocenters. The molecule has 1 fully saturated rings. The molecule has 3 N–H and O–H groups in total. The summed E-state index contributed by atoms with van der Waals surface area (Å²) in [6.45, 7) is 8.86. The number of hydrogen-bond donors (Lipinski definition) is 2. The number of ether oxygens (including phenoxy) is 1. The Morgan fingerprint density at radius 2 is 2.15 bits per heavy atom. The molecule has 0 amide bonds. The molecule has 3 atom stereocenters. The van der Waals surface area contributed by atoms with Gasteiger partial charge in [0.05, 0.1) is 0 Å². The highest BCUT2D eigenvalue weighted by atomic mass is 16.7. The largest absolute Gasteiger partial charge is 0.460 e. The second kappa shape index (κ2) is 9.10. The van der Waals surface area contributed by atoms with Crippen LogP contribution in [0.5, 0.6) is 0 Å². The Balaban J connectivity index is 2.10. The fraction of sp³-hybridized carbons (Fsp3) is 0.800. The SMILES string of the molecule is C=C(C)C(=O)OCC(C)ONCC1CCCC(CN)C1. The third kappa shape index (κ3) is 6.50. The highest BCUT2D eigenvalue weighted by Crippen LogP contribution is 2.27. The van der Waals surface area contributed by atoms with E-state index in [1.165, 1.54) is 25.7 Å². The van der Waals surface area contributed by atoms with Crippen LogP contribution in [0.3, 0.4) is 0 Å². The summed E-state index contributed by atoms with van der Waals surface area (Å²) < 4.78 is 5.02. The van der Waals surface area contributed by atoms with Crippen LogP contribution < -0.4 is 11.2 Å². The van der Waals surface area contributed by atoms with Crippen LogP contribution in [-0.2, 0) is 14.4 Å². The molecule has 1 aliphatic rings. The van der Waals surface area contributed by atoms with E-state index in [0.717, 1.165) is 13.1 Å². The van der Waals surface area contributed by atoms with Crippen molar-refractivity contribution in [2.45, 2.75) is 45.6 Å². The van der Waals surface area contributed by atoms with Gasteiger partial charge in [0, 0.05) is 12.1 Å². The number of hydroxylamine groups is 1. The number of nitrogens with two attached hydrogens (primary N) is 1. The Morgan fingerprint density at radius 1 is 1.45 bits per heavy atom. The zero-order valence-electron chi connectivity index (χ0n) is 12.7. The molecule has 0 aromatic heterocycles. The minimum Gasteiger partial charge on any atom is -0.460 e. The van der Waals surface area contributed by atoms with E-state index in [0.29, 0.717) is 17.4 Å². The quantitative estimate of drug-likeness (QED) is 0.404. The van der Waals surface area contributed by atoms with Gasteiger partial charge in [-0.2, -0.15) is 0 Å². The Kier molecular flexibility index (Phi) is 7.80. The van der Waals surface area contributed by atoms with Crippen molar-refractivity contribution in [1.82, 2.24) is 5.48 Å². The van der Waals surface area contributed by atoms with Crippen LogP contribution in [-0.4, -0.2) is 31.8 Å². The number of carbonyl (C=O) groups excluding carboxylic acids is 1. The summed E-state index contributed by atoms with van der Waals surface area (Å²) in [5.41, 5.74) is 9.13. The lowest BCUT2D eigenvalue weighted by Gasteiger charge is -2.28. The molecule has 0 radical (unpaired) electrons. The Morgan fingerprint density at radius 3 is 2.80 bits per heavy atom. The van der Waals surface area contributed by atoms with Gasteiger partial charge in [-0.05, 0) is 51.5 Å². The predicted octanol–water partition coefficient (Wildman–Crippen LogP) is 1.78. The predicted molar refractivity (Wildman–Crippen MR) is 78.8 cm³/mol. The van der Waals surface area contributed by atoms with Gasteiger partial charge in [-0.25, -0.2) is 10.3 Å². The van der Waals surface area contributed by atoms with Gasteiger partial charge in [-0.3, -0.25) is 4.84 Å². The summed E-state index contributed by atoms with van der Waals surface area (Å²) in [4.78, 5) is 16.7. The van der Waals surface area contributed by atoms with Gasteiger partial charge in [-0.15, -0.1) is 0 Å². The van der Waals surface area contributed by atoms with E-state index in [4.69, 9.17) is 15.3 Å². The summed E-state index contributed by atoms with van der Waals surface area (Å²) >= 11 is 0. The summed E-state index contributed by atoms with van der Waals surface area (Å²) in [5.74, 6) is 0.908. The topological polar surface area (TPSA) is 73.6 Å². The van der Waals surface area contributed by atoms with Crippen LogP contribution in [0.15, 0.2) is 12.2 Å². The van der Waals surface area contributed by atoms with Crippen LogP contribution in [0.2, 0.25) is 0 Å². The number of nitrogens with one attached hydrogen (secondary N) is 1. The summed E-state index contributed by atoms with van der Waals surface area (Å²) in [7, 11) is 0. The monoisotopic (exact) mass is 284 g/mol. The molecule has 116 valence electrons. The Hall–Kier alpha value is -0.910. The minimum absolute atomic E-state index is 0.174. The average Bonchev–Trinajstić information content (AvgIpc) is 2.44. The van der Waals surface area contributed by atoms with E-state index in [2.05, 4.69) is 12.1 Å². The van der Waals surface area contributed by atoms with E-state index in [9.17, 15) is 4.79 Å². The van der Waals surface area contributed by atoms with Gasteiger partial charge in [0.1, 0.15) is 12.7 Å². The van der Waals surface area contributed by atoms with E-state index in [-0.39, 0.29) is 18.7 Å². The molecule has 1 aliphatic carbocycles. The lowest BCUT2D eigenvalue weighted by molar-refractivity contribution is -0.145. The maximum Gasteiger partial charge on any atom is 0.333 e. The molecular formula is C15H28N2O3. The van der Waals surface area contributed by atoms with Crippen molar-refractivity contribution in [2.75, 3.05) is 19.7 Å². The maximum absolute atomic E-state index is 11.2. The molecule has 20 heavy (non-hydrogen) atoms. The van der Waals surface area contributed by atoms with Crippen molar-refractivity contribution < 1.29 is 14.4 Å². The highest BCUT2D eigenvalue weighted by molar-refractivity contribution is 5.86. The zero-order valence-corrected chi connectivity index (χ0v) is 12.7. The number of esters is 1. The van der Waals surface area contributed by atoms with Crippen molar-refractivity contribution in [2.24, 2.45) is 17.6 Å². The average molecular weight is 284 g/mol. The standard InChI is InChI=1S/C15H28N2O3/c1-11(2)15(18)19-10-12(3)20-17-9-14-6-4-5-13(7-14)8-16/h12-14,17H,1,4-10,16H2,2-3H3. The third-order valence-corrected chi connectivity index (χ3v) is 3.68. The lowest BCUT2D eigenvalue weighted by atomic mass is 9.81. The fourth-order valence-corrected chi connectivity index (χ4v) is 2.46. The second-order valence-corrected chi connectivity index (χ2v) is 5.79. The fourth-order valence-electron chi connectivity index (χ4n) is 2.46. The van der Waals surface area contributed by atoms with Gasteiger partial charge >= 0.3 is 5.97 Å². The first-order valence-electron chi connectivity index (χ1n) is 7.44. The van der Waals surface area contributed by atoms with Gasteiger partial charge in [0.2, 0.25) is 0 Å². The third-order valence-electron chi connectivity index (χ3n) is 3.68. The number of rotatable bonds is 8. The molecule has 0 bridgehead atoms. The molecule has 0 spiro atoms. The molecule has 0 aromatic rings. The summed E-state index contributed by atoms with van der Waals surface area (Å²) in [6, 6.07) is 0. The number of hydrogen-bond acceptors (Lipinski definition) is 5.